The predicted octanol–water partition coefficient (Wildman–Crippen LogP) is 4.00. The van der Waals surface area contributed by atoms with E-state index in [4.69, 9.17) is 4.74 Å². The molecule has 3 heteroatoms. The number of nitrogens with zero attached hydrogens (tertiary/aromatic N) is 1. The van der Waals surface area contributed by atoms with Crippen LogP contribution in [0.15, 0.2) is 42.6 Å². The number of hydrogen-bond acceptors (Lipinski definition) is 3. The fraction of sp³-hybridized carbons (Fsp3) is 0.353. The summed E-state index contributed by atoms with van der Waals surface area (Å²) < 4.78 is 5.75. The zero-order valence-corrected chi connectivity index (χ0v) is 12.4. The number of pyridine rings is 1. The molecule has 0 spiro atoms. The van der Waals surface area contributed by atoms with E-state index in [2.05, 4.69) is 43.2 Å². The zero-order chi connectivity index (χ0) is 14.4. The van der Waals surface area contributed by atoms with Gasteiger partial charge in [0, 0.05) is 6.20 Å². The zero-order valence-electron chi connectivity index (χ0n) is 12.4. The standard InChI is InChI=1S/C17H22N2O/c1-13(2)16-8-7-15(12-14(16)3)20-11-10-19-17-6-4-5-9-18-17/h4-9,12-13H,10-11H2,1-3H3,(H,18,19). The molecule has 0 atom stereocenters. The van der Waals surface area contributed by atoms with Gasteiger partial charge in [0.1, 0.15) is 18.2 Å². The first-order valence-electron chi connectivity index (χ1n) is 7.05. The van der Waals surface area contributed by atoms with Crippen LogP contribution in [-0.4, -0.2) is 18.1 Å². The second kappa shape index (κ2) is 6.94. The quantitative estimate of drug-likeness (QED) is 0.805. The fourth-order valence-corrected chi connectivity index (χ4v) is 2.20. The molecule has 106 valence electrons. The third-order valence-electron chi connectivity index (χ3n) is 3.21. The Morgan fingerprint density at radius 2 is 2.05 bits per heavy atom. The molecule has 1 N–H and O–H groups in total. The summed E-state index contributed by atoms with van der Waals surface area (Å²) in [4.78, 5) is 4.20. The fourth-order valence-electron chi connectivity index (χ4n) is 2.20. The van der Waals surface area contributed by atoms with Crippen molar-refractivity contribution in [3.05, 3.63) is 53.7 Å². The molecule has 0 fully saturated rings. The molecular formula is C17H22N2O. The van der Waals surface area contributed by atoms with Gasteiger partial charge in [-0.2, -0.15) is 0 Å². The highest BCUT2D eigenvalue weighted by atomic mass is 16.5. The van der Waals surface area contributed by atoms with Crippen molar-refractivity contribution in [3.8, 4) is 5.75 Å². The van der Waals surface area contributed by atoms with Crippen molar-refractivity contribution in [2.75, 3.05) is 18.5 Å². The van der Waals surface area contributed by atoms with Crippen LogP contribution < -0.4 is 10.1 Å². The van der Waals surface area contributed by atoms with Crippen molar-refractivity contribution in [1.82, 2.24) is 4.98 Å². The maximum Gasteiger partial charge on any atom is 0.125 e. The molecule has 20 heavy (non-hydrogen) atoms. The van der Waals surface area contributed by atoms with E-state index in [1.54, 1.807) is 6.20 Å². The number of aryl methyl sites for hydroxylation is 1. The van der Waals surface area contributed by atoms with E-state index in [1.165, 1.54) is 11.1 Å². The first-order chi connectivity index (χ1) is 9.66. The lowest BCUT2D eigenvalue weighted by molar-refractivity contribution is 0.332. The molecule has 0 unspecified atom stereocenters. The summed E-state index contributed by atoms with van der Waals surface area (Å²) in [5, 5.41) is 3.22. The van der Waals surface area contributed by atoms with Crippen molar-refractivity contribution >= 4 is 5.82 Å². The van der Waals surface area contributed by atoms with Crippen LogP contribution in [0.4, 0.5) is 5.82 Å². The maximum absolute atomic E-state index is 5.75. The van der Waals surface area contributed by atoms with Gasteiger partial charge >= 0.3 is 0 Å². The number of ether oxygens (including phenoxy) is 1. The molecule has 2 aromatic rings. The van der Waals surface area contributed by atoms with Crippen LogP contribution >= 0.6 is 0 Å². The first-order valence-corrected chi connectivity index (χ1v) is 7.05. The highest BCUT2D eigenvalue weighted by molar-refractivity contribution is 5.36. The predicted molar refractivity (Wildman–Crippen MR) is 83.5 cm³/mol. The summed E-state index contributed by atoms with van der Waals surface area (Å²) in [6.07, 6.45) is 1.77. The van der Waals surface area contributed by atoms with E-state index in [0.29, 0.717) is 12.5 Å². The third kappa shape index (κ3) is 3.98. The molecule has 3 nitrogen and oxygen atoms in total. The summed E-state index contributed by atoms with van der Waals surface area (Å²) in [7, 11) is 0. The van der Waals surface area contributed by atoms with Crippen molar-refractivity contribution < 1.29 is 4.74 Å². The van der Waals surface area contributed by atoms with Crippen molar-refractivity contribution in [2.24, 2.45) is 0 Å². The summed E-state index contributed by atoms with van der Waals surface area (Å²) >= 11 is 0. The topological polar surface area (TPSA) is 34.1 Å². The monoisotopic (exact) mass is 270 g/mol. The maximum atomic E-state index is 5.75. The Balaban J connectivity index is 1.81. The summed E-state index contributed by atoms with van der Waals surface area (Å²) in [6.45, 7) is 7.91. The van der Waals surface area contributed by atoms with Crippen LogP contribution in [0, 0.1) is 6.92 Å². The molecule has 1 aromatic carbocycles. The molecule has 0 bridgehead atoms. The van der Waals surface area contributed by atoms with E-state index in [1.807, 2.05) is 24.3 Å². The van der Waals surface area contributed by atoms with E-state index in [9.17, 15) is 0 Å². The van der Waals surface area contributed by atoms with E-state index >= 15 is 0 Å². The van der Waals surface area contributed by atoms with Gasteiger partial charge in [0.15, 0.2) is 0 Å². The van der Waals surface area contributed by atoms with Gasteiger partial charge in [-0.1, -0.05) is 26.0 Å². The minimum atomic E-state index is 0.551. The smallest absolute Gasteiger partial charge is 0.125 e. The molecule has 0 aliphatic carbocycles. The molecule has 0 aliphatic rings. The molecule has 0 radical (unpaired) electrons. The number of rotatable bonds is 6. The largest absolute Gasteiger partial charge is 0.492 e. The molecule has 2 rings (SSSR count). The van der Waals surface area contributed by atoms with Gasteiger partial charge < -0.3 is 10.1 Å². The SMILES string of the molecule is Cc1cc(OCCNc2ccccn2)ccc1C(C)C. The first kappa shape index (κ1) is 14.4. The number of hydrogen-bond donors (Lipinski definition) is 1. The lowest BCUT2D eigenvalue weighted by Crippen LogP contribution is -2.12. The van der Waals surface area contributed by atoms with Gasteiger partial charge in [-0.25, -0.2) is 4.98 Å². The van der Waals surface area contributed by atoms with Crippen molar-refractivity contribution in [1.29, 1.82) is 0 Å². The van der Waals surface area contributed by atoms with Gasteiger partial charge in [-0.05, 0) is 48.2 Å². The van der Waals surface area contributed by atoms with Crippen LogP contribution in [0.25, 0.3) is 0 Å². The Hall–Kier alpha value is -2.03. The Labute approximate surface area is 121 Å². The van der Waals surface area contributed by atoms with E-state index < -0.39 is 0 Å². The Kier molecular flexibility index (Phi) is 4.99. The van der Waals surface area contributed by atoms with E-state index in [0.717, 1.165) is 18.1 Å². The van der Waals surface area contributed by atoms with Crippen LogP contribution in [0.2, 0.25) is 0 Å². The third-order valence-corrected chi connectivity index (χ3v) is 3.21. The van der Waals surface area contributed by atoms with Crippen LogP contribution in [-0.2, 0) is 0 Å². The van der Waals surface area contributed by atoms with Crippen molar-refractivity contribution in [2.45, 2.75) is 26.7 Å². The van der Waals surface area contributed by atoms with Gasteiger partial charge in [0.05, 0.1) is 6.54 Å². The molecule has 0 aliphatic heterocycles. The van der Waals surface area contributed by atoms with Crippen LogP contribution in [0.1, 0.15) is 30.9 Å². The Morgan fingerprint density at radius 1 is 1.20 bits per heavy atom. The highest BCUT2D eigenvalue weighted by Gasteiger charge is 2.04. The summed E-state index contributed by atoms with van der Waals surface area (Å²) in [6, 6.07) is 12.1. The summed E-state index contributed by atoms with van der Waals surface area (Å²) in [5.41, 5.74) is 2.67. The number of nitrogens with one attached hydrogen (secondary N) is 1. The van der Waals surface area contributed by atoms with Crippen LogP contribution in [0.5, 0.6) is 5.75 Å². The molecule has 0 amide bonds. The van der Waals surface area contributed by atoms with Gasteiger partial charge in [-0.15, -0.1) is 0 Å². The normalized spacial score (nSPS) is 10.6. The van der Waals surface area contributed by atoms with Gasteiger partial charge in [-0.3, -0.25) is 0 Å². The second-order valence-electron chi connectivity index (χ2n) is 5.16. The second-order valence-corrected chi connectivity index (χ2v) is 5.16. The van der Waals surface area contributed by atoms with Crippen molar-refractivity contribution in [3.63, 3.8) is 0 Å². The average molecular weight is 270 g/mol. The van der Waals surface area contributed by atoms with Gasteiger partial charge in [0.25, 0.3) is 0 Å². The van der Waals surface area contributed by atoms with E-state index in [-0.39, 0.29) is 0 Å². The number of anilines is 1. The molecule has 0 saturated carbocycles. The highest BCUT2D eigenvalue weighted by Crippen LogP contribution is 2.23. The Bertz CT molecular complexity index is 538. The molecule has 0 saturated heterocycles. The van der Waals surface area contributed by atoms with Crippen LogP contribution in [0.3, 0.4) is 0 Å². The minimum Gasteiger partial charge on any atom is -0.492 e. The number of benzene rings is 1. The molecule has 1 heterocycles. The lowest BCUT2D eigenvalue weighted by Gasteiger charge is -2.12. The van der Waals surface area contributed by atoms with Gasteiger partial charge in [0.2, 0.25) is 0 Å². The summed E-state index contributed by atoms with van der Waals surface area (Å²) in [5.74, 6) is 2.35. The Morgan fingerprint density at radius 3 is 2.70 bits per heavy atom. The molecular weight excluding hydrogens is 248 g/mol. The lowest BCUT2D eigenvalue weighted by atomic mass is 9.98. The molecule has 1 aromatic heterocycles. The average Bonchev–Trinajstić information content (AvgIpc) is 2.44. The minimum absolute atomic E-state index is 0.551. The number of aromatic nitrogens is 1.